The van der Waals surface area contributed by atoms with E-state index in [4.69, 9.17) is 10.1 Å². The molecule has 0 spiro atoms. The van der Waals surface area contributed by atoms with Crippen molar-refractivity contribution in [3.63, 3.8) is 0 Å². The number of aromatic nitrogens is 2. The number of allylic oxidation sites excluding steroid dienone is 1. The Labute approximate surface area is 303 Å². The number of nitrogens with one attached hydrogen (secondary N) is 4. The van der Waals surface area contributed by atoms with Crippen LogP contribution in [0.4, 0.5) is 20.2 Å². The smallest absolute Gasteiger partial charge is 0.240 e. The van der Waals surface area contributed by atoms with Gasteiger partial charge in [-0.05, 0) is 121 Å². The summed E-state index contributed by atoms with van der Waals surface area (Å²) >= 11 is 3.53. The van der Waals surface area contributed by atoms with E-state index in [2.05, 4.69) is 70.9 Å². The number of thiol groups is 1. The summed E-state index contributed by atoms with van der Waals surface area (Å²) in [6.07, 6.45) is 9.36. The minimum absolute atomic E-state index is 0.0893. The lowest BCUT2D eigenvalue weighted by atomic mass is 10.0. The molecule has 2 amide bonds. The van der Waals surface area contributed by atoms with Crippen LogP contribution in [0.25, 0.3) is 10.9 Å². The first kappa shape index (κ1) is 39.1. The van der Waals surface area contributed by atoms with E-state index in [1.54, 1.807) is 18.4 Å². The zero-order valence-corrected chi connectivity index (χ0v) is 30.2. The van der Waals surface area contributed by atoms with Crippen molar-refractivity contribution in [3.05, 3.63) is 97.0 Å². The standard InChI is InChI=1S/C28H21F2N5O3.C9H20N2.CH4S/c1-2-21(31)23-14-22-19(15-33-23)24(9-12-32-22)38-25-8-7-18(13-20(25)30)35-27(37)28(10-11-28)26(36)34-17-5-3-16(29)4-6-17;1-8(2)11-6-4-9(10-3)5-7-11;1-2/h2-9,12-15,31H,1,10-11H2,(H,34,36)(H,35,37);8-10H,4-7H2,1-3H3;2H,1H3. The molecule has 6 rings (SSSR count). The van der Waals surface area contributed by atoms with E-state index in [0.717, 1.165) is 18.2 Å². The third-order valence-corrected chi connectivity index (χ3v) is 8.87. The summed E-state index contributed by atoms with van der Waals surface area (Å²) in [4.78, 5) is 36.7. The number of ether oxygens (including phenoxy) is 1. The zero-order valence-electron chi connectivity index (χ0n) is 29.3. The predicted molar refractivity (Wildman–Crippen MR) is 202 cm³/mol. The first-order valence-electron chi connectivity index (χ1n) is 16.7. The Morgan fingerprint density at radius 1 is 0.980 bits per heavy atom. The number of hydrogen-bond acceptors (Lipinski definition) is 9. The average molecular weight is 718 g/mol. The molecule has 13 heteroatoms. The third-order valence-electron chi connectivity index (χ3n) is 8.87. The molecule has 0 atom stereocenters. The molecule has 2 aromatic heterocycles. The number of nitrogens with zero attached hydrogens (tertiary/aromatic N) is 3. The molecule has 4 N–H and O–H groups in total. The van der Waals surface area contributed by atoms with E-state index >= 15 is 0 Å². The number of pyridine rings is 2. The maximum atomic E-state index is 14.9. The van der Waals surface area contributed by atoms with Crippen molar-refractivity contribution in [2.24, 2.45) is 5.41 Å². The summed E-state index contributed by atoms with van der Waals surface area (Å²) in [7, 11) is 2.07. The van der Waals surface area contributed by atoms with Crippen LogP contribution in [0.15, 0.2) is 79.6 Å². The van der Waals surface area contributed by atoms with E-state index in [1.807, 2.05) is 0 Å². The van der Waals surface area contributed by atoms with Crippen LogP contribution in [0.3, 0.4) is 0 Å². The topological polar surface area (TPSA) is 132 Å². The van der Waals surface area contributed by atoms with Crippen LogP contribution in [0.5, 0.6) is 11.5 Å². The molecule has 1 aliphatic heterocycles. The molecule has 4 aromatic rings. The summed E-state index contributed by atoms with van der Waals surface area (Å²) in [6.45, 7) is 10.7. The number of hydrogen-bond donors (Lipinski definition) is 5. The maximum Gasteiger partial charge on any atom is 0.240 e. The Bertz CT molecular complexity index is 1840. The highest BCUT2D eigenvalue weighted by atomic mass is 32.1. The third kappa shape index (κ3) is 9.96. The summed E-state index contributed by atoms with van der Waals surface area (Å²) in [5.74, 6) is -2.02. The monoisotopic (exact) mass is 717 g/mol. The van der Waals surface area contributed by atoms with Gasteiger partial charge in [0.25, 0.3) is 0 Å². The largest absolute Gasteiger partial charge is 0.453 e. The number of benzene rings is 2. The van der Waals surface area contributed by atoms with Crippen LogP contribution in [-0.2, 0) is 9.59 Å². The normalized spacial score (nSPS) is 15.1. The summed E-state index contributed by atoms with van der Waals surface area (Å²) < 4.78 is 33.8. The Balaban J connectivity index is 0.000000381. The SMILES string of the molecule is C=CC(=N)c1cc2nccc(Oc3ccc(NC(=O)C4(C(=O)Nc5ccc(F)cc5)CC4)cc3F)c2cn1.CNC1CCN(C(C)C)CC1.CS. The molecule has 51 heavy (non-hydrogen) atoms. The van der Waals surface area contributed by atoms with Crippen LogP contribution in [0.2, 0.25) is 0 Å². The van der Waals surface area contributed by atoms with Crippen LogP contribution in [0, 0.1) is 22.5 Å². The van der Waals surface area contributed by atoms with E-state index in [-0.39, 0.29) is 17.1 Å². The van der Waals surface area contributed by atoms with Crippen LogP contribution in [-0.4, -0.2) is 70.9 Å². The highest BCUT2D eigenvalue weighted by Gasteiger charge is 2.56. The lowest BCUT2D eigenvalue weighted by molar-refractivity contribution is -0.131. The Hall–Kier alpha value is -4.72. The van der Waals surface area contributed by atoms with Gasteiger partial charge in [-0.25, -0.2) is 8.78 Å². The number of anilines is 2. The number of rotatable bonds is 10. The van der Waals surface area contributed by atoms with Crippen molar-refractivity contribution in [1.82, 2.24) is 20.2 Å². The lowest BCUT2D eigenvalue weighted by Gasteiger charge is -2.34. The maximum absolute atomic E-state index is 14.9. The highest BCUT2D eigenvalue weighted by Crippen LogP contribution is 2.47. The van der Waals surface area contributed by atoms with Gasteiger partial charge in [-0.2, -0.15) is 12.6 Å². The minimum Gasteiger partial charge on any atom is -0.453 e. The molecule has 0 bridgehead atoms. The molecule has 270 valence electrons. The van der Waals surface area contributed by atoms with Crippen molar-refractivity contribution in [1.29, 1.82) is 5.41 Å². The highest BCUT2D eigenvalue weighted by molar-refractivity contribution is 7.79. The Morgan fingerprint density at radius 2 is 1.61 bits per heavy atom. The number of halogens is 2. The van der Waals surface area contributed by atoms with Gasteiger partial charge in [0.1, 0.15) is 17.0 Å². The molecule has 0 radical (unpaired) electrons. The molecular weight excluding hydrogens is 673 g/mol. The molecule has 2 fully saturated rings. The second kappa shape index (κ2) is 18.0. The van der Waals surface area contributed by atoms with Crippen molar-refractivity contribution < 1.29 is 23.1 Å². The van der Waals surface area contributed by atoms with Crippen molar-refractivity contribution in [2.45, 2.75) is 51.6 Å². The minimum atomic E-state index is -1.27. The van der Waals surface area contributed by atoms with Gasteiger partial charge in [0, 0.05) is 41.9 Å². The predicted octanol–water partition coefficient (Wildman–Crippen LogP) is 7.24. The molecule has 1 saturated carbocycles. The van der Waals surface area contributed by atoms with Gasteiger partial charge in [-0.1, -0.05) is 6.58 Å². The van der Waals surface area contributed by atoms with Gasteiger partial charge in [-0.3, -0.25) is 25.0 Å². The quantitative estimate of drug-likeness (QED) is 0.0664. The molecule has 1 aliphatic carbocycles. The first-order valence-corrected chi connectivity index (χ1v) is 17.6. The number of piperidine rings is 1. The van der Waals surface area contributed by atoms with Crippen molar-refractivity contribution in [3.8, 4) is 11.5 Å². The van der Waals surface area contributed by atoms with Crippen LogP contribution in [0.1, 0.15) is 45.2 Å². The van der Waals surface area contributed by atoms with Gasteiger partial charge in [0.05, 0.1) is 22.3 Å². The summed E-state index contributed by atoms with van der Waals surface area (Å²) in [5, 5.41) is 16.9. The fourth-order valence-electron chi connectivity index (χ4n) is 5.56. The fraction of sp³-hybridized carbons (Fsp3) is 0.342. The van der Waals surface area contributed by atoms with Gasteiger partial charge in [0.15, 0.2) is 11.6 Å². The van der Waals surface area contributed by atoms with E-state index in [0.29, 0.717) is 40.9 Å². The van der Waals surface area contributed by atoms with Crippen molar-refractivity contribution in [2.75, 3.05) is 37.0 Å². The number of amides is 2. The number of carbonyl (C=O) groups excluding carboxylic acids is 2. The lowest BCUT2D eigenvalue weighted by Crippen LogP contribution is -2.43. The molecular formula is C38H45F2N7O3S. The van der Waals surface area contributed by atoms with E-state index < -0.39 is 28.9 Å². The molecule has 10 nitrogen and oxygen atoms in total. The van der Waals surface area contributed by atoms with Gasteiger partial charge < -0.3 is 25.6 Å². The molecule has 2 aromatic carbocycles. The Morgan fingerprint density at radius 3 is 2.18 bits per heavy atom. The number of fused-ring (bicyclic) bond motifs is 1. The van der Waals surface area contributed by atoms with Gasteiger partial charge in [-0.15, -0.1) is 0 Å². The van der Waals surface area contributed by atoms with Gasteiger partial charge >= 0.3 is 0 Å². The second-order valence-corrected chi connectivity index (χ2v) is 12.5. The van der Waals surface area contributed by atoms with E-state index in [9.17, 15) is 18.4 Å². The molecule has 2 aliphatic rings. The fourth-order valence-corrected chi connectivity index (χ4v) is 5.56. The number of carbonyl (C=O) groups is 2. The summed E-state index contributed by atoms with van der Waals surface area (Å²) in [5.41, 5.74) is 0.306. The molecule has 0 unspecified atom stereocenters. The first-order chi connectivity index (χ1) is 24.5. The van der Waals surface area contributed by atoms with Crippen LogP contribution < -0.4 is 20.7 Å². The van der Waals surface area contributed by atoms with Crippen molar-refractivity contribution >= 4 is 52.4 Å². The number of likely N-dealkylation sites (tertiary alicyclic amines) is 1. The van der Waals surface area contributed by atoms with E-state index in [1.165, 1.54) is 80.8 Å². The zero-order chi connectivity index (χ0) is 37.1. The Kier molecular flexibility index (Phi) is 13.8. The van der Waals surface area contributed by atoms with Crippen LogP contribution >= 0.6 is 12.6 Å². The molecule has 1 saturated heterocycles. The summed E-state index contributed by atoms with van der Waals surface area (Å²) in [6, 6.07) is 13.8. The van der Waals surface area contributed by atoms with Gasteiger partial charge in [0.2, 0.25) is 11.8 Å². The molecule has 3 heterocycles. The second-order valence-electron chi connectivity index (χ2n) is 12.5. The average Bonchev–Trinajstić information content (AvgIpc) is 3.97.